The molecule has 0 aliphatic heterocycles. The zero-order valence-electron chi connectivity index (χ0n) is 18.8. The molecule has 0 bridgehead atoms. The summed E-state index contributed by atoms with van der Waals surface area (Å²) >= 11 is 2.94. The fourth-order valence-electron chi connectivity index (χ4n) is 3.03. The Morgan fingerprint density at radius 3 is 2.15 bits per heavy atom. The van der Waals surface area contributed by atoms with Crippen LogP contribution in [0.3, 0.4) is 0 Å². The van der Waals surface area contributed by atoms with Crippen molar-refractivity contribution in [3.63, 3.8) is 0 Å². The highest BCUT2D eigenvalue weighted by atomic mass is 32.2. The highest BCUT2D eigenvalue weighted by molar-refractivity contribution is 7.99. The molecule has 1 heterocycles. The number of nitrogens with zero attached hydrogens (tertiary/aromatic N) is 4. The van der Waals surface area contributed by atoms with E-state index >= 15 is 0 Å². The predicted molar refractivity (Wildman–Crippen MR) is 134 cm³/mol. The molecular weight excluding hydrogens is 480 g/mol. The second-order valence-corrected chi connectivity index (χ2v) is 10.3. The van der Waals surface area contributed by atoms with Crippen molar-refractivity contribution in [2.24, 2.45) is 17.3 Å². The van der Waals surface area contributed by atoms with E-state index in [1.165, 1.54) is 47.3 Å². The van der Waals surface area contributed by atoms with Crippen LogP contribution in [0.25, 0.3) is 0 Å². The molecule has 9 nitrogen and oxygen atoms in total. The average molecular weight is 505 g/mol. The zero-order chi connectivity index (χ0) is 24.2. The fourth-order valence-corrected chi connectivity index (χ4v) is 5.39. The maximum absolute atomic E-state index is 12.9. The minimum absolute atomic E-state index is 0.134. The van der Waals surface area contributed by atoms with Gasteiger partial charge < -0.3 is 5.32 Å². The van der Waals surface area contributed by atoms with Crippen LogP contribution < -0.4 is 10.0 Å². The van der Waals surface area contributed by atoms with E-state index in [1.807, 2.05) is 24.6 Å². The zero-order valence-corrected chi connectivity index (χ0v) is 21.2. The van der Waals surface area contributed by atoms with Crippen LogP contribution in [0.1, 0.15) is 12.6 Å². The third-order valence-corrected chi connectivity index (χ3v) is 7.38. The topological polar surface area (TPSA) is 118 Å². The summed E-state index contributed by atoms with van der Waals surface area (Å²) in [7, 11) is -2.20. The lowest BCUT2D eigenvalue weighted by atomic mass is 10.2. The number of benzene rings is 2. The Balaban J connectivity index is 2.03. The van der Waals surface area contributed by atoms with Crippen molar-refractivity contribution >= 4 is 62.3 Å². The molecule has 0 fully saturated rings. The van der Waals surface area contributed by atoms with Crippen LogP contribution in [0, 0.1) is 6.92 Å². The molecule has 0 atom stereocenters. The second kappa shape index (κ2) is 10.4. The van der Waals surface area contributed by atoms with Crippen LogP contribution in [-0.2, 0) is 21.9 Å². The molecular formula is C21H24N6O3S3. The smallest absolute Gasteiger partial charge is 0.263 e. The summed E-state index contributed by atoms with van der Waals surface area (Å²) in [6, 6.07) is 11.7. The summed E-state index contributed by atoms with van der Waals surface area (Å²) in [6.45, 7) is 3.19. The van der Waals surface area contributed by atoms with Crippen molar-refractivity contribution in [3.8, 4) is 0 Å². The number of aryl methyl sites for hydroxylation is 2. The number of carbonyl (C=O) groups excluding carboxylic acids is 1. The van der Waals surface area contributed by atoms with E-state index < -0.39 is 10.0 Å². The summed E-state index contributed by atoms with van der Waals surface area (Å²) in [5.41, 5.74) is 2.15. The van der Waals surface area contributed by atoms with Gasteiger partial charge in [0.2, 0.25) is 5.91 Å². The van der Waals surface area contributed by atoms with Crippen molar-refractivity contribution < 1.29 is 13.2 Å². The van der Waals surface area contributed by atoms with Crippen LogP contribution in [0.5, 0.6) is 0 Å². The van der Waals surface area contributed by atoms with Crippen LogP contribution in [0.15, 0.2) is 67.4 Å². The van der Waals surface area contributed by atoms with Crippen molar-refractivity contribution in [3.05, 3.63) is 48.2 Å². The van der Waals surface area contributed by atoms with E-state index in [0.717, 1.165) is 9.79 Å². The van der Waals surface area contributed by atoms with Gasteiger partial charge in [-0.05, 0) is 43.7 Å². The maximum atomic E-state index is 12.9. The SMILES string of the molecule is CSc1cc(NC(C)=O)cc(SC)c1N=Nc1c(C)nn(C)c1NS(=O)(=O)c1ccccc1. The molecule has 0 unspecified atom stereocenters. The minimum Gasteiger partial charge on any atom is -0.326 e. The van der Waals surface area contributed by atoms with Gasteiger partial charge in [-0.25, -0.2) is 13.1 Å². The van der Waals surface area contributed by atoms with Crippen LogP contribution in [0.2, 0.25) is 0 Å². The monoisotopic (exact) mass is 504 g/mol. The highest BCUT2D eigenvalue weighted by Crippen LogP contribution is 2.41. The van der Waals surface area contributed by atoms with E-state index in [-0.39, 0.29) is 16.6 Å². The lowest BCUT2D eigenvalue weighted by Crippen LogP contribution is -2.15. The van der Waals surface area contributed by atoms with E-state index in [0.29, 0.717) is 22.8 Å². The van der Waals surface area contributed by atoms with Gasteiger partial charge in [-0.3, -0.25) is 9.52 Å². The van der Waals surface area contributed by atoms with Crippen LogP contribution in [0.4, 0.5) is 22.9 Å². The first-order valence-corrected chi connectivity index (χ1v) is 13.7. The van der Waals surface area contributed by atoms with E-state index in [1.54, 1.807) is 32.2 Å². The number of sulfonamides is 1. The molecule has 12 heteroatoms. The third-order valence-electron chi connectivity index (χ3n) is 4.53. The molecule has 0 radical (unpaired) electrons. The van der Waals surface area contributed by atoms with Gasteiger partial charge in [0, 0.05) is 29.4 Å². The number of hydrogen-bond donors (Lipinski definition) is 2. The average Bonchev–Trinajstić information content (AvgIpc) is 3.04. The molecule has 0 saturated carbocycles. The molecule has 1 aromatic heterocycles. The summed E-state index contributed by atoms with van der Waals surface area (Å²) in [5, 5.41) is 15.9. The largest absolute Gasteiger partial charge is 0.326 e. The van der Waals surface area contributed by atoms with Gasteiger partial charge in [0.25, 0.3) is 10.0 Å². The first-order valence-electron chi connectivity index (χ1n) is 9.73. The predicted octanol–water partition coefficient (Wildman–Crippen LogP) is 5.35. The van der Waals surface area contributed by atoms with E-state index in [4.69, 9.17) is 0 Å². The summed E-state index contributed by atoms with van der Waals surface area (Å²) in [6.07, 6.45) is 3.81. The van der Waals surface area contributed by atoms with E-state index in [9.17, 15) is 13.2 Å². The molecule has 2 N–H and O–H groups in total. The highest BCUT2D eigenvalue weighted by Gasteiger charge is 2.21. The van der Waals surface area contributed by atoms with E-state index in [2.05, 4.69) is 25.4 Å². The number of carbonyl (C=O) groups is 1. The normalized spacial score (nSPS) is 11.7. The Bertz CT molecular complexity index is 1280. The maximum Gasteiger partial charge on any atom is 0.263 e. The van der Waals surface area contributed by atoms with Crippen molar-refractivity contribution in [1.29, 1.82) is 0 Å². The Hall–Kier alpha value is -2.83. The van der Waals surface area contributed by atoms with Gasteiger partial charge in [-0.2, -0.15) is 5.10 Å². The molecule has 2 aromatic carbocycles. The third kappa shape index (κ3) is 5.75. The lowest BCUT2D eigenvalue weighted by molar-refractivity contribution is -0.114. The van der Waals surface area contributed by atoms with Gasteiger partial charge in [0.1, 0.15) is 5.69 Å². The van der Waals surface area contributed by atoms with Crippen molar-refractivity contribution in [1.82, 2.24) is 9.78 Å². The van der Waals surface area contributed by atoms with Gasteiger partial charge in [-0.1, -0.05) is 18.2 Å². The Kier molecular flexibility index (Phi) is 7.82. The molecule has 1 amide bonds. The summed E-state index contributed by atoms with van der Waals surface area (Å²) in [5.74, 6) is 0.0520. The molecule has 0 aliphatic rings. The molecule has 174 valence electrons. The number of anilines is 2. The van der Waals surface area contributed by atoms with Crippen molar-refractivity contribution in [2.75, 3.05) is 22.6 Å². The Morgan fingerprint density at radius 1 is 1.03 bits per heavy atom. The second-order valence-electron chi connectivity index (χ2n) is 6.94. The Morgan fingerprint density at radius 2 is 1.61 bits per heavy atom. The quantitative estimate of drug-likeness (QED) is 0.315. The molecule has 3 rings (SSSR count). The number of nitrogens with one attached hydrogen (secondary N) is 2. The number of aromatic nitrogens is 2. The fraction of sp³-hybridized carbons (Fsp3) is 0.238. The van der Waals surface area contributed by atoms with Crippen LogP contribution in [-0.4, -0.2) is 36.6 Å². The minimum atomic E-state index is -3.83. The van der Waals surface area contributed by atoms with Gasteiger partial charge in [0.15, 0.2) is 11.5 Å². The summed E-state index contributed by atoms with van der Waals surface area (Å²) in [4.78, 5) is 13.2. The first kappa shape index (κ1) is 24.8. The number of thioether (sulfide) groups is 2. The molecule has 0 saturated heterocycles. The van der Waals surface area contributed by atoms with Gasteiger partial charge in [0.05, 0.1) is 10.6 Å². The standard InChI is InChI=1S/C21H24N6O3S3/c1-13-19(21(27(3)25-13)26-33(29,30)16-9-7-6-8-10-16)23-24-20-17(31-4)11-15(22-14(2)28)12-18(20)32-5/h6-12,26H,1-5H3,(H,22,28). The summed E-state index contributed by atoms with van der Waals surface area (Å²) < 4.78 is 29.7. The van der Waals surface area contributed by atoms with Gasteiger partial charge in [-0.15, -0.1) is 33.8 Å². The molecule has 0 spiro atoms. The number of amides is 1. The van der Waals surface area contributed by atoms with Crippen LogP contribution >= 0.6 is 23.5 Å². The van der Waals surface area contributed by atoms with Gasteiger partial charge >= 0.3 is 0 Å². The van der Waals surface area contributed by atoms with Crippen molar-refractivity contribution in [2.45, 2.75) is 28.5 Å². The first-order chi connectivity index (χ1) is 15.7. The number of azo groups is 1. The molecule has 3 aromatic rings. The Labute approximate surface area is 201 Å². The molecule has 33 heavy (non-hydrogen) atoms. The molecule has 0 aliphatic carbocycles. The lowest BCUT2D eigenvalue weighted by Gasteiger charge is -2.11. The number of hydrogen-bond acceptors (Lipinski definition) is 8. The number of rotatable bonds is 8.